The lowest BCUT2D eigenvalue weighted by Crippen LogP contribution is -2.41. The molecule has 0 unspecified atom stereocenters. The average molecular weight is 505 g/mol. The van der Waals surface area contributed by atoms with Crippen molar-refractivity contribution in [3.8, 4) is 17.2 Å². The molecule has 0 aliphatic carbocycles. The Morgan fingerprint density at radius 2 is 1.59 bits per heavy atom. The lowest BCUT2D eigenvalue weighted by molar-refractivity contribution is -0.119. The zero-order valence-corrected chi connectivity index (χ0v) is 20.3. The number of anilines is 1. The van der Waals surface area contributed by atoms with E-state index >= 15 is 0 Å². The second-order valence-corrected chi connectivity index (χ2v) is 9.26. The number of ether oxygens (including phenoxy) is 3. The molecule has 0 saturated heterocycles. The molecule has 0 aliphatic heterocycles. The van der Waals surface area contributed by atoms with Gasteiger partial charge in [-0.2, -0.15) is 0 Å². The monoisotopic (exact) mass is 504 g/mol. The molecule has 0 radical (unpaired) electrons. The number of hydrogen-bond donors (Lipinski definition) is 1. The Hall–Kier alpha value is -3.43. The third-order valence-corrected chi connectivity index (χ3v) is 6.89. The predicted molar refractivity (Wildman–Crippen MR) is 130 cm³/mol. The number of benzene rings is 3. The van der Waals surface area contributed by atoms with Crippen LogP contribution in [0.1, 0.15) is 0 Å². The number of carbonyl (C=O) groups excluding carboxylic acids is 1. The van der Waals surface area contributed by atoms with Crippen LogP contribution in [0.5, 0.6) is 17.2 Å². The Morgan fingerprint density at radius 1 is 0.912 bits per heavy atom. The molecule has 1 amide bonds. The first kappa shape index (κ1) is 25.2. The molecule has 0 fully saturated rings. The highest BCUT2D eigenvalue weighted by molar-refractivity contribution is 7.92. The standard InChI is InChI=1S/C24H25ClN2O6S/c1-31-22-13-12-18(16-23(22)32-2)27(34(29,30)19-8-4-3-5-9-19)17-24(28)26-14-15-33-21-11-7-6-10-20(21)25/h3-13,16H,14-15,17H2,1-2H3,(H,26,28). The van der Waals surface area contributed by atoms with Gasteiger partial charge in [0.25, 0.3) is 10.0 Å². The minimum absolute atomic E-state index is 0.0552. The Bertz CT molecular complexity index is 1220. The molecule has 3 aromatic carbocycles. The number of rotatable bonds is 11. The summed E-state index contributed by atoms with van der Waals surface area (Å²) in [6.07, 6.45) is 0. The van der Waals surface area contributed by atoms with Gasteiger partial charge in [-0.1, -0.05) is 41.9 Å². The van der Waals surface area contributed by atoms with Gasteiger partial charge in [0.15, 0.2) is 11.5 Å². The molecule has 0 aliphatic rings. The Kier molecular flexibility index (Phi) is 8.61. The van der Waals surface area contributed by atoms with Crippen LogP contribution < -0.4 is 23.8 Å². The van der Waals surface area contributed by atoms with Crippen LogP contribution in [0.2, 0.25) is 5.02 Å². The molecule has 34 heavy (non-hydrogen) atoms. The SMILES string of the molecule is COc1ccc(N(CC(=O)NCCOc2ccccc2Cl)S(=O)(=O)c2ccccc2)cc1OC. The van der Waals surface area contributed by atoms with Crippen molar-refractivity contribution >= 4 is 33.2 Å². The number of nitrogens with one attached hydrogen (secondary N) is 1. The highest BCUT2D eigenvalue weighted by atomic mass is 35.5. The van der Waals surface area contributed by atoms with Crippen molar-refractivity contribution in [1.82, 2.24) is 5.32 Å². The van der Waals surface area contributed by atoms with Crippen LogP contribution in [0.3, 0.4) is 0 Å². The van der Waals surface area contributed by atoms with Gasteiger partial charge in [0.2, 0.25) is 5.91 Å². The molecule has 3 rings (SSSR count). The fraction of sp³-hybridized carbons (Fsp3) is 0.208. The van der Waals surface area contributed by atoms with Gasteiger partial charge < -0.3 is 19.5 Å². The van der Waals surface area contributed by atoms with Gasteiger partial charge in [-0.3, -0.25) is 9.10 Å². The summed E-state index contributed by atoms with van der Waals surface area (Å²) in [6, 6.07) is 19.5. The van der Waals surface area contributed by atoms with Gasteiger partial charge in [0, 0.05) is 6.07 Å². The summed E-state index contributed by atoms with van der Waals surface area (Å²) in [7, 11) is -1.12. The Morgan fingerprint density at radius 3 is 2.26 bits per heavy atom. The van der Waals surface area contributed by atoms with Crippen LogP contribution in [0.15, 0.2) is 77.7 Å². The summed E-state index contributed by atoms with van der Waals surface area (Å²) >= 11 is 6.05. The molecule has 0 bridgehead atoms. The smallest absolute Gasteiger partial charge is 0.264 e. The molecule has 3 aromatic rings. The number of halogens is 1. The number of methoxy groups -OCH3 is 2. The predicted octanol–water partition coefficient (Wildman–Crippen LogP) is 3.75. The molecule has 0 spiro atoms. The second-order valence-electron chi connectivity index (χ2n) is 6.99. The Labute approximate surface area is 204 Å². The van der Waals surface area contributed by atoms with E-state index in [1.54, 1.807) is 54.6 Å². The summed E-state index contributed by atoms with van der Waals surface area (Å²) in [5.74, 6) is 0.764. The van der Waals surface area contributed by atoms with E-state index in [1.165, 1.54) is 32.4 Å². The van der Waals surface area contributed by atoms with E-state index in [4.69, 9.17) is 25.8 Å². The summed E-state index contributed by atoms with van der Waals surface area (Å²) in [5, 5.41) is 3.14. The summed E-state index contributed by atoms with van der Waals surface area (Å²) in [5.41, 5.74) is 0.254. The van der Waals surface area contributed by atoms with Crippen LogP contribution >= 0.6 is 11.6 Å². The van der Waals surface area contributed by atoms with Crippen molar-refractivity contribution in [3.05, 3.63) is 77.8 Å². The number of amides is 1. The van der Waals surface area contributed by atoms with E-state index in [9.17, 15) is 13.2 Å². The van der Waals surface area contributed by atoms with Gasteiger partial charge in [0.05, 0.1) is 36.4 Å². The van der Waals surface area contributed by atoms with E-state index in [2.05, 4.69) is 5.32 Å². The molecule has 0 heterocycles. The summed E-state index contributed by atoms with van der Waals surface area (Å²) in [6.45, 7) is -0.120. The van der Waals surface area contributed by atoms with E-state index in [1.807, 2.05) is 0 Å². The third-order valence-electron chi connectivity index (χ3n) is 4.79. The topological polar surface area (TPSA) is 94.2 Å². The van der Waals surface area contributed by atoms with E-state index in [-0.39, 0.29) is 23.7 Å². The van der Waals surface area contributed by atoms with Gasteiger partial charge in [0.1, 0.15) is 18.9 Å². The number of nitrogens with zero attached hydrogens (tertiary/aromatic N) is 1. The molecular formula is C24H25ClN2O6S. The lowest BCUT2D eigenvalue weighted by atomic mass is 10.2. The van der Waals surface area contributed by atoms with Crippen molar-refractivity contribution in [1.29, 1.82) is 0 Å². The van der Waals surface area contributed by atoms with Crippen molar-refractivity contribution in [3.63, 3.8) is 0 Å². The maximum absolute atomic E-state index is 13.4. The first-order valence-corrected chi connectivity index (χ1v) is 12.1. The second kappa shape index (κ2) is 11.6. The fourth-order valence-electron chi connectivity index (χ4n) is 3.11. The van der Waals surface area contributed by atoms with Crippen LogP contribution in [0.25, 0.3) is 0 Å². The maximum Gasteiger partial charge on any atom is 0.264 e. The molecule has 0 atom stereocenters. The highest BCUT2D eigenvalue weighted by Crippen LogP contribution is 2.33. The highest BCUT2D eigenvalue weighted by Gasteiger charge is 2.28. The van der Waals surface area contributed by atoms with E-state index < -0.39 is 22.5 Å². The van der Waals surface area contributed by atoms with Crippen molar-refractivity contribution in [2.45, 2.75) is 4.90 Å². The molecule has 180 valence electrons. The van der Waals surface area contributed by atoms with Gasteiger partial charge >= 0.3 is 0 Å². The number of para-hydroxylation sites is 1. The van der Waals surface area contributed by atoms with Crippen molar-refractivity contribution in [2.24, 2.45) is 0 Å². The first-order chi connectivity index (χ1) is 16.4. The Balaban J connectivity index is 1.77. The minimum atomic E-state index is -4.05. The quantitative estimate of drug-likeness (QED) is 0.400. The third kappa shape index (κ3) is 6.12. The van der Waals surface area contributed by atoms with Gasteiger partial charge in [-0.15, -0.1) is 0 Å². The number of hydrogen-bond acceptors (Lipinski definition) is 6. The van der Waals surface area contributed by atoms with E-state index in [0.29, 0.717) is 22.3 Å². The van der Waals surface area contributed by atoms with Crippen LogP contribution in [0.4, 0.5) is 5.69 Å². The first-order valence-electron chi connectivity index (χ1n) is 10.3. The van der Waals surface area contributed by atoms with Crippen molar-refractivity contribution in [2.75, 3.05) is 38.2 Å². The largest absolute Gasteiger partial charge is 0.493 e. The molecule has 0 aromatic heterocycles. The number of sulfonamides is 1. The van der Waals surface area contributed by atoms with Crippen LogP contribution in [0, 0.1) is 0 Å². The average Bonchev–Trinajstić information content (AvgIpc) is 2.86. The van der Waals surface area contributed by atoms with Gasteiger partial charge in [-0.25, -0.2) is 8.42 Å². The maximum atomic E-state index is 13.4. The van der Waals surface area contributed by atoms with Crippen LogP contribution in [-0.2, 0) is 14.8 Å². The minimum Gasteiger partial charge on any atom is -0.493 e. The summed E-state index contributed by atoms with van der Waals surface area (Å²) < 4.78 is 43.9. The molecule has 1 N–H and O–H groups in total. The van der Waals surface area contributed by atoms with Gasteiger partial charge in [-0.05, 0) is 36.4 Å². The van der Waals surface area contributed by atoms with Crippen molar-refractivity contribution < 1.29 is 27.4 Å². The normalized spacial score (nSPS) is 10.9. The molecule has 8 nitrogen and oxygen atoms in total. The molecular weight excluding hydrogens is 480 g/mol. The molecule has 0 saturated carbocycles. The van der Waals surface area contributed by atoms with E-state index in [0.717, 1.165) is 4.31 Å². The fourth-order valence-corrected chi connectivity index (χ4v) is 4.74. The lowest BCUT2D eigenvalue weighted by Gasteiger charge is -2.25. The summed E-state index contributed by atoms with van der Waals surface area (Å²) in [4.78, 5) is 12.8. The zero-order valence-electron chi connectivity index (χ0n) is 18.7. The molecule has 10 heteroatoms. The zero-order chi connectivity index (χ0) is 24.6. The van der Waals surface area contributed by atoms with Crippen LogP contribution in [-0.4, -0.2) is 48.2 Å². The number of carbonyl (C=O) groups is 1.